The summed E-state index contributed by atoms with van der Waals surface area (Å²) in [6.45, 7) is 1.87. The van der Waals surface area contributed by atoms with E-state index in [1.54, 1.807) is 66.7 Å². The zero-order valence-electron chi connectivity index (χ0n) is 19.5. The van der Waals surface area contributed by atoms with Crippen LogP contribution in [0.15, 0.2) is 82.7 Å². The Bertz CT molecular complexity index is 1670. The van der Waals surface area contributed by atoms with E-state index in [1.807, 2.05) is 13.0 Å². The lowest BCUT2D eigenvalue weighted by Gasteiger charge is -2.12. The average Bonchev–Trinajstić information content (AvgIpc) is 3.44. The van der Waals surface area contributed by atoms with E-state index in [4.69, 9.17) is 5.11 Å². The maximum Gasteiger partial charge on any atom is 0.307 e. The number of aryl methyl sites for hydroxylation is 1. The van der Waals surface area contributed by atoms with Gasteiger partial charge in [-0.3, -0.25) is 9.79 Å². The van der Waals surface area contributed by atoms with Gasteiger partial charge in [0.2, 0.25) is 15.7 Å². The van der Waals surface area contributed by atoms with Gasteiger partial charge in [0.15, 0.2) is 5.13 Å². The lowest BCUT2D eigenvalue weighted by molar-refractivity contribution is -0.136. The minimum absolute atomic E-state index is 0.0788. The average molecular weight is 532 g/mol. The van der Waals surface area contributed by atoms with Crippen LogP contribution in [-0.4, -0.2) is 35.8 Å². The zero-order valence-corrected chi connectivity index (χ0v) is 21.2. The van der Waals surface area contributed by atoms with E-state index in [0.29, 0.717) is 28.1 Å². The van der Waals surface area contributed by atoms with Gasteiger partial charge in [0.05, 0.1) is 17.0 Å². The number of sulfone groups is 1. The molecule has 0 spiro atoms. The van der Waals surface area contributed by atoms with Crippen LogP contribution in [-0.2, 0) is 21.1 Å². The molecule has 0 radical (unpaired) electrons. The molecule has 0 atom stereocenters. The molecular formula is C27H21N3O5S2. The molecule has 0 aliphatic carbocycles. The third-order valence-electron chi connectivity index (χ3n) is 5.75. The summed E-state index contributed by atoms with van der Waals surface area (Å²) in [6, 6.07) is 20.5. The molecule has 186 valence electrons. The van der Waals surface area contributed by atoms with Crippen LogP contribution in [0.1, 0.15) is 21.6 Å². The number of hydrogen-bond acceptors (Lipinski definition) is 8. The number of aromatic hydroxyl groups is 1. The minimum atomic E-state index is -4.08. The lowest BCUT2D eigenvalue weighted by atomic mass is 10.1. The van der Waals surface area contributed by atoms with E-state index < -0.39 is 21.7 Å². The van der Waals surface area contributed by atoms with Gasteiger partial charge in [-0.1, -0.05) is 59.4 Å². The highest BCUT2D eigenvalue weighted by Crippen LogP contribution is 2.46. The van der Waals surface area contributed by atoms with Crippen molar-refractivity contribution in [1.29, 1.82) is 0 Å². The van der Waals surface area contributed by atoms with E-state index in [1.165, 1.54) is 6.21 Å². The van der Waals surface area contributed by atoms with Crippen molar-refractivity contribution in [3.63, 3.8) is 0 Å². The van der Waals surface area contributed by atoms with Gasteiger partial charge in [-0.15, -0.1) is 0 Å². The molecule has 4 aromatic rings. The highest BCUT2D eigenvalue weighted by atomic mass is 32.2. The molecule has 8 nitrogen and oxygen atoms in total. The maximum absolute atomic E-state index is 14.0. The Morgan fingerprint density at radius 3 is 2.41 bits per heavy atom. The van der Waals surface area contributed by atoms with Crippen LogP contribution in [0, 0.1) is 6.92 Å². The van der Waals surface area contributed by atoms with E-state index in [9.17, 15) is 18.3 Å². The number of para-hydroxylation sites is 1. The first-order valence-electron chi connectivity index (χ1n) is 11.2. The topological polar surface area (TPSA) is 129 Å². The second kappa shape index (κ2) is 9.64. The van der Waals surface area contributed by atoms with Crippen LogP contribution in [0.5, 0.6) is 5.88 Å². The van der Waals surface area contributed by atoms with Gasteiger partial charge < -0.3 is 15.5 Å². The molecule has 0 amide bonds. The summed E-state index contributed by atoms with van der Waals surface area (Å²) in [4.78, 5) is 19.6. The molecule has 5 rings (SSSR count). The normalized spacial score (nSPS) is 13.9. The molecule has 0 unspecified atom stereocenters. The van der Waals surface area contributed by atoms with Crippen molar-refractivity contribution < 1.29 is 23.4 Å². The fraction of sp³-hybridized carbons (Fsp3) is 0.0741. The van der Waals surface area contributed by atoms with Crippen LogP contribution in [0.4, 0.5) is 16.5 Å². The number of aromatic nitrogens is 1. The highest BCUT2D eigenvalue weighted by molar-refractivity contribution is 8.01. The number of rotatable bonds is 7. The lowest BCUT2D eigenvalue weighted by Crippen LogP contribution is -2.06. The SMILES string of the molecule is Cc1ccc(S(=O)(=O)C(=C2C=Nc3ccccc32)c2sc(Nc3ccc(CC(=O)O)cc3)nc2O)cc1. The summed E-state index contributed by atoms with van der Waals surface area (Å²) < 4.78 is 27.9. The number of thiazole rings is 1. The van der Waals surface area contributed by atoms with Crippen LogP contribution in [0.2, 0.25) is 0 Å². The van der Waals surface area contributed by atoms with E-state index in [-0.39, 0.29) is 26.2 Å². The third kappa shape index (κ3) is 4.89. The van der Waals surface area contributed by atoms with Crippen LogP contribution >= 0.6 is 11.3 Å². The quantitative estimate of drug-likeness (QED) is 0.284. The van der Waals surface area contributed by atoms with Crippen molar-refractivity contribution >= 4 is 60.3 Å². The molecule has 10 heteroatoms. The van der Waals surface area contributed by atoms with E-state index in [0.717, 1.165) is 16.9 Å². The molecule has 0 saturated heterocycles. The Balaban J connectivity index is 1.60. The Morgan fingerprint density at radius 2 is 1.70 bits per heavy atom. The number of nitrogens with one attached hydrogen (secondary N) is 1. The third-order valence-corrected chi connectivity index (χ3v) is 8.71. The molecule has 3 N–H and O–H groups in total. The number of carbonyl (C=O) groups is 1. The van der Waals surface area contributed by atoms with Gasteiger partial charge in [-0.25, -0.2) is 8.42 Å². The number of hydrogen-bond donors (Lipinski definition) is 3. The second-order valence-electron chi connectivity index (χ2n) is 8.40. The van der Waals surface area contributed by atoms with Crippen molar-refractivity contribution in [2.75, 3.05) is 5.32 Å². The smallest absolute Gasteiger partial charge is 0.307 e. The van der Waals surface area contributed by atoms with Crippen molar-refractivity contribution in [3.8, 4) is 5.88 Å². The Morgan fingerprint density at radius 1 is 1.00 bits per heavy atom. The Kier molecular flexibility index (Phi) is 6.36. The molecular weight excluding hydrogens is 510 g/mol. The fourth-order valence-electron chi connectivity index (χ4n) is 3.94. The Hall–Kier alpha value is -4.28. The molecule has 0 fully saturated rings. The molecule has 1 aromatic heterocycles. The first-order valence-corrected chi connectivity index (χ1v) is 13.5. The molecule has 2 heterocycles. The molecule has 3 aromatic carbocycles. The highest BCUT2D eigenvalue weighted by Gasteiger charge is 2.33. The van der Waals surface area contributed by atoms with Crippen molar-refractivity contribution in [2.24, 2.45) is 4.99 Å². The molecule has 0 saturated carbocycles. The minimum Gasteiger partial charge on any atom is -0.492 e. The first-order chi connectivity index (χ1) is 17.7. The van der Waals surface area contributed by atoms with Crippen molar-refractivity contribution in [1.82, 2.24) is 4.98 Å². The summed E-state index contributed by atoms with van der Waals surface area (Å²) >= 11 is 0.998. The van der Waals surface area contributed by atoms with Crippen molar-refractivity contribution in [2.45, 2.75) is 18.2 Å². The molecule has 37 heavy (non-hydrogen) atoms. The number of carboxylic acid groups (broad SMARTS) is 1. The fourth-order valence-corrected chi connectivity index (χ4v) is 6.75. The van der Waals surface area contributed by atoms with Crippen molar-refractivity contribution in [3.05, 3.63) is 94.4 Å². The molecule has 0 bridgehead atoms. The first kappa shape index (κ1) is 24.4. The molecule has 1 aliphatic heterocycles. The number of anilines is 2. The van der Waals surface area contributed by atoms with Gasteiger partial charge in [0, 0.05) is 23.0 Å². The zero-order chi connectivity index (χ0) is 26.2. The Labute approximate surface area is 217 Å². The largest absolute Gasteiger partial charge is 0.492 e. The van der Waals surface area contributed by atoms with Crippen LogP contribution in [0.25, 0.3) is 10.5 Å². The summed E-state index contributed by atoms with van der Waals surface area (Å²) in [5.41, 5.74) is 3.82. The number of benzene rings is 3. The summed E-state index contributed by atoms with van der Waals surface area (Å²) in [7, 11) is -4.08. The second-order valence-corrected chi connectivity index (χ2v) is 11.3. The van der Waals surface area contributed by atoms with E-state index in [2.05, 4.69) is 15.3 Å². The maximum atomic E-state index is 14.0. The monoisotopic (exact) mass is 531 g/mol. The standard InChI is InChI=1S/C27H21N3O5S2/c1-16-6-12-19(13-7-16)37(34,35)25(21-15-28-22-5-3-2-4-20(21)22)24-26(33)30-27(36-24)29-18-10-8-17(9-11-18)14-23(31)32/h2-13,15,33H,14H2,1H3,(H,29,30)(H,31,32). The number of allylic oxidation sites excluding steroid dienone is 1. The number of aliphatic carboxylic acids is 1. The summed E-state index contributed by atoms with van der Waals surface area (Å²) in [5, 5.41) is 23.1. The van der Waals surface area contributed by atoms with Gasteiger partial charge in [-0.05, 0) is 42.8 Å². The van der Waals surface area contributed by atoms with Crippen LogP contribution in [0.3, 0.4) is 0 Å². The number of nitrogens with zero attached hydrogens (tertiary/aromatic N) is 2. The number of aliphatic imine (C=N–C) groups is 1. The number of carboxylic acids is 1. The van der Waals surface area contributed by atoms with Crippen LogP contribution < -0.4 is 5.32 Å². The van der Waals surface area contributed by atoms with E-state index >= 15 is 0 Å². The van der Waals surface area contributed by atoms with Gasteiger partial charge in [0.1, 0.15) is 9.78 Å². The summed E-state index contributed by atoms with van der Waals surface area (Å²) in [5.74, 6) is -1.35. The van der Waals surface area contributed by atoms with Gasteiger partial charge in [-0.2, -0.15) is 4.98 Å². The van der Waals surface area contributed by atoms with Gasteiger partial charge in [0.25, 0.3) is 0 Å². The number of fused-ring (bicyclic) bond motifs is 1. The van der Waals surface area contributed by atoms with Gasteiger partial charge >= 0.3 is 5.97 Å². The summed E-state index contributed by atoms with van der Waals surface area (Å²) in [6.07, 6.45) is 1.40. The predicted octanol–water partition coefficient (Wildman–Crippen LogP) is 5.59. The molecule has 1 aliphatic rings. The predicted molar refractivity (Wildman–Crippen MR) is 145 cm³/mol.